The lowest BCUT2D eigenvalue weighted by Gasteiger charge is -2.11. The van der Waals surface area contributed by atoms with Gasteiger partial charge in [0.1, 0.15) is 0 Å². The lowest BCUT2D eigenvalue weighted by molar-refractivity contribution is 1.02. The molecule has 2 heteroatoms. The summed E-state index contributed by atoms with van der Waals surface area (Å²) in [6, 6.07) is 0. The van der Waals surface area contributed by atoms with Crippen molar-refractivity contribution in [1.82, 2.24) is 0 Å². The fourth-order valence-corrected chi connectivity index (χ4v) is 1.49. The molecular weight excluding hydrogens is 154 g/mol. The molecule has 0 heterocycles. The van der Waals surface area contributed by atoms with E-state index in [1.54, 1.807) is 0 Å². The average molecular weight is 167 g/mol. The quantitative estimate of drug-likeness (QED) is 0.467. The van der Waals surface area contributed by atoms with Gasteiger partial charge in [-0.2, -0.15) is 0 Å². The summed E-state index contributed by atoms with van der Waals surface area (Å²) in [4.78, 5) is 0.975. The molecule has 0 unspecified atom stereocenters. The molecule has 1 rings (SSSR count). The van der Waals surface area contributed by atoms with Crippen LogP contribution >= 0.6 is 12.6 Å². The van der Waals surface area contributed by atoms with Crippen LogP contribution in [0.4, 0.5) is 0 Å². The molecule has 1 N–H and O–H groups in total. The van der Waals surface area contributed by atoms with Crippen LogP contribution in [0.1, 0.15) is 26.2 Å². The predicted molar refractivity (Wildman–Crippen MR) is 52.4 cm³/mol. The molecule has 0 atom stereocenters. The molecular formula is C9H13NS. The minimum Gasteiger partial charge on any atom is -0.305 e. The standard InChI is InChI=1S/C9H13NS/c1-2-8(10)7-5-3-4-6-9(7)11/h5-6,10-11H,2-4H2,1H3. The Bertz CT molecular complexity index is 226. The van der Waals surface area contributed by atoms with Crippen molar-refractivity contribution < 1.29 is 0 Å². The number of hydrogen-bond acceptors (Lipinski definition) is 2. The van der Waals surface area contributed by atoms with E-state index in [-0.39, 0.29) is 0 Å². The van der Waals surface area contributed by atoms with Crippen molar-refractivity contribution in [3.63, 3.8) is 0 Å². The summed E-state index contributed by atoms with van der Waals surface area (Å²) >= 11 is 4.30. The Hall–Kier alpha value is -0.500. The van der Waals surface area contributed by atoms with Crippen molar-refractivity contribution in [2.75, 3.05) is 0 Å². The first kappa shape index (κ1) is 8.60. The Morgan fingerprint density at radius 1 is 1.55 bits per heavy atom. The molecule has 0 fully saturated rings. The van der Waals surface area contributed by atoms with Gasteiger partial charge in [-0.15, -0.1) is 12.6 Å². The average Bonchev–Trinajstić information content (AvgIpc) is 2.04. The van der Waals surface area contributed by atoms with Gasteiger partial charge in [-0.3, -0.25) is 0 Å². The van der Waals surface area contributed by atoms with Crippen molar-refractivity contribution in [2.24, 2.45) is 0 Å². The first-order valence-corrected chi connectivity index (χ1v) is 4.38. The van der Waals surface area contributed by atoms with Crippen LogP contribution in [0.3, 0.4) is 0 Å². The molecule has 0 aromatic rings. The molecule has 0 bridgehead atoms. The summed E-state index contributed by atoms with van der Waals surface area (Å²) in [5, 5.41) is 7.60. The van der Waals surface area contributed by atoms with Crippen LogP contribution in [0.2, 0.25) is 0 Å². The molecule has 0 amide bonds. The predicted octanol–water partition coefficient (Wildman–Crippen LogP) is 2.95. The zero-order chi connectivity index (χ0) is 8.27. The SMILES string of the molecule is CCC(=N)C1=CCCC=C1S. The first-order chi connectivity index (χ1) is 5.25. The van der Waals surface area contributed by atoms with Crippen molar-refractivity contribution in [2.45, 2.75) is 26.2 Å². The van der Waals surface area contributed by atoms with Crippen LogP contribution in [-0.4, -0.2) is 5.71 Å². The zero-order valence-electron chi connectivity index (χ0n) is 6.72. The van der Waals surface area contributed by atoms with Gasteiger partial charge in [0.15, 0.2) is 0 Å². The highest BCUT2D eigenvalue weighted by atomic mass is 32.1. The van der Waals surface area contributed by atoms with Crippen molar-refractivity contribution >= 4 is 18.3 Å². The molecule has 1 aliphatic carbocycles. The molecule has 1 aliphatic rings. The fraction of sp³-hybridized carbons (Fsp3) is 0.444. The third-order valence-corrected chi connectivity index (χ3v) is 2.23. The maximum Gasteiger partial charge on any atom is 0.0391 e. The smallest absolute Gasteiger partial charge is 0.0391 e. The fourth-order valence-electron chi connectivity index (χ4n) is 1.13. The molecule has 0 aromatic carbocycles. The highest BCUT2D eigenvalue weighted by molar-refractivity contribution is 7.84. The highest BCUT2D eigenvalue weighted by Crippen LogP contribution is 2.23. The second kappa shape index (κ2) is 3.77. The number of thiol groups is 1. The maximum absolute atomic E-state index is 7.60. The number of allylic oxidation sites excluding steroid dienone is 3. The van der Waals surface area contributed by atoms with Gasteiger partial charge in [0, 0.05) is 16.2 Å². The van der Waals surface area contributed by atoms with Crippen molar-refractivity contribution in [1.29, 1.82) is 5.41 Å². The number of nitrogens with one attached hydrogen (secondary N) is 1. The number of hydrogen-bond donors (Lipinski definition) is 2. The van der Waals surface area contributed by atoms with E-state index < -0.39 is 0 Å². The summed E-state index contributed by atoms with van der Waals surface area (Å²) in [6.07, 6.45) is 7.11. The molecule has 0 saturated heterocycles. The van der Waals surface area contributed by atoms with Crippen LogP contribution in [0, 0.1) is 5.41 Å². The molecule has 0 aromatic heterocycles. The van der Waals surface area contributed by atoms with E-state index in [0.717, 1.165) is 29.7 Å². The topological polar surface area (TPSA) is 23.9 Å². The summed E-state index contributed by atoms with van der Waals surface area (Å²) in [6.45, 7) is 2.00. The molecule has 1 nitrogen and oxygen atoms in total. The van der Waals surface area contributed by atoms with Crippen molar-refractivity contribution in [3.8, 4) is 0 Å². The third kappa shape index (κ3) is 1.96. The first-order valence-electron chi connectivity index (χ1n) is 3.93. The second-order valence-corrected chi connectivity index (χ2v) is 3.10. The summed E-state index contributed by atoms with van der Waals surface area (Å²) in [5.41, 5.74) is 1.73. The van der Waals surface area contributed by atoms with E-state index in [1.165, 1.54) is 0 Å². The van der Waals surface area contributed by atoms with Crippen LogP contribution in [-0.2, 0) is 0 Å². The lowest BCUT2D eigenvalue weighted by Crippen LogP contribution is -2.02. The molecule has 60 valence electrons. The van der Waals surface area contributed by atoms with Crippen LogP contribution in [0.5, 0.6) is 0 Å². The monoisotopic (exact) mass is 167 g/mol. The molecule has 11 heavy (non-hydrogen) atoms. The van der Waals surface area contributed by atoms with Gasteiger partial charge >= 0.3 is 0 Å². The van der Waals surface area contributed by atoms with E-state index in [0.29, 0.717) is 5.71 Å². The molecule has 0 radical (unpaired) electrons. The Morgan fingerprint density at radius 3 is 2.73 bits per heavy atom. The zero-order valence-corrected chi connectivity index (χ0v) is 7.62. The Morgan fingerprint density at radius 2 is 2.18 bits per heavy atom. The highest BCUT2D eigenvalue weighted by Gasteiger charge is 2.08. The Labute approximate surface area is 73.1 Å². The van der Waals surface area contributed by atoms with E-state index in [1.807, 2.05) is 6.92 Å². The van der Waals surface area contributed by atoms with E-state index in [9.17, 15) is 0 Å². The van der Waals surface area contributed by atoms with Crippen LogP contribution in [0.25, 0.3) is 0 Å². The summed E-state index contributed by atoms with van der Waals surface area (Å²) in [7, 11) is 0. The third-order valence-electron chi connectivity index (χ3n) is 1.81. The Kier molecular flexibility index (Phi) is 2.94. The molecule has 0 spiro atoms. The molecule has 0 aliphatic heterocycles. The van der Waals surface area contributed by atoms with E-state index >= 15 is 0 Å². The minimum absolute atomic E-state index is 0.700. The lowest BCUT2D eigenvalue weighted by atomic mass is 10.0. The molecule has 0 saturated carbocycles. The summed E-state index contributed by atoms with van der Waals surface area (Å²) < 4.78 is 0. The Balaban J connectivity index is 2.78. The van der Waals surface area contributed by atoms with E-state index in [4.69, 9.17) is 5.41 Å². The van der Waals surface area contributed by atoms with Gasteiger partial charge in [-0.1, -0.05) is 19.1 Å². The normalized spacial score (nSPS) is 17.3. The van der Waals surface area contributed by atoms with Gasteiger partial charge in [-0.05, 0) is 19.3 Å². The van der Waals surface area contributed by atoms with Gasteiger partial charge in [-0.25, -0.2) is 0 Å². The number of rotatable bonds is 2. The van der Waals surface area contributed by atoms with Crippen molar-refractivity contribution in [3.05, 3.63) is 22.6 Å². The summed E-state index contributed by atoms with van der Waals surface area (Å²) in [5.74, 6) is 0. The van der Waals surface area contributed by atoms with Crippen LogP contribution < -0.4 is 0 Å². The largest absolute Gasteiger partial charge is 0.305 e. The van der Waals surface area contributed by atoms with Gasteiger partial charge in [0.25, 0.3) is 0 Å². The van der Waals surface area contributed by atoms with Gasteiger partial charge < -0.3 is 5.41 Å². The second-order valence-electron chi connectivity index (χ2n) is 2.62. The van der Waals surface area contributed by atoms with Gasteiger partial charge in [0.2, 0.25) is 0 Å². The van der Waals surface area contributed by atoms with Crippen LogP contribution in [0.15, 0.2) is 22.6 Å². The van der Waals surface area contributed by atoms with E-state index in [2.05, 4.69) is 24.8 Å². The maximum atomic E-state index is 7.60. The minimum atomic E-state index is 0.700. The van der Waals surface area contributed by atoms with Gasteiger partial charge in [0.05, 0.1) is 0 Å².